The molecule has 6 heteroatoms. The molecule has 2 fully saturated rings. The first kappa shape index (κ1) is 18.5. The summed E-state index contributed by atoms with van der Waals surface area (Å²) in [5, 5.41) is 12.0. The summed E-state index contributed by atoms with van der Waals surface area (Å²) in [6.45, 7) is 1.40. The van der Waals surface area contributed by atoms with Crippen molar-refractivity contribution in [2.24, 2.45) is 11.8 Å². The second-order valence-electron chi connectivity index (χ2n) is 8.87. The highest BCUT2D eigenvalue weighted by molar-refractivity contribution is 5.95. The van der Waals surface area contributed by atoms with Crippen LogP contribution in [0.15, 0.2) is 67.0 Å². The predicted molar refractivity (Wildman–Crippen MR) is 119 cm³/mol. The molecule has 6 rings (SSSR count). The van der Waals surface area contributed by atoms with Gasteiger partial charge in [0.05, 0.1) is 35.0 Å². The average molecular weight is 412 g/mol. The molecule has 0 radical (unpaired) electrons. The molecular weight excluding hydrogens is 388 g/mol. The fourth-order valence-electron chi connectivity index (χ4n) is 5.46. The second kappa shape index (κ2) is 7.17. The van der Waals surface area contributed by atoms with Gasteiger partial charge in [-0.25, -0.2) is 9.97 Å². The Labute approximate surface area is 180 Å². The molecule has 1 saturated heterocycles. The Morgan fingerprint density at radius 3 is 2.52 bits per heavy atom. The lowest BCUT2D eigenvalue weighted by Gasteiger charge is -2.36. The summed E-state index contributed by atoms with van der Waals surface area (Å²) in [4.78, 5) is 24.2. The number of amides is 1. The quantitative estimate of drug-likeness (QED) is 0.545. The van der Waals surface area contributed by atoms with Crippen LogP contribution >= 0.6 is 0 Å². The van der Waals surface area contributed by atoms with Crippen LogP contribution < -0.4 is 0 Å². The van der Waals surface area contributed by atoms with Crippen LogP contribution in [0.2, 0.25) is 0 Å². The highest BCUT2D eigenvalue weighted by atomic mass is 16.3. The zero-order valence-electron chi connectivity index (χ0n) is 17.1. The van der Waals surface area contributed by atoms with Gasteiger partial charge in [-0.1, -0.05) is 36.4 Å². The summed E-state index contributed by atoms with van der Waals surface area (Å²) in [7, 11) is 0. The Morgan fingerprint density at radius 2 is 1.65 bits per heavy atom. The van der Waals surface area contributed by atoms with Crippen molar-refractivity contribution in [2.45, 2.75) is 25.0 Å². The van der Waals surface area contributed by atoms with E-state index in [0.29, 0.717) is 37.0 Å². The van der Waals surface area contributed by atoms with Crippen LogP contribution in [0, 0.1) is 11.8 Å². The maximum absolute atomic E-state index is 13.2. The van der Waals surface area contributed by atoms with Crippen LogP contribution in [0.25, 0.3) is 21.9 Å². The number of pyridine rings is 1. The highest BCUT2D eigenvalue weighted by Gasteiger charge is 2.44. The van der Waals surface area contributed by atoms with Crippen LogP contribution in [-0.2, 0) is 0 Å². The predicted octanol–water partition coefficient (Wildman–Crippen LogP) is 3.67. The third-order valence-electron chi connectivity index (χ3n) is 7.05. The molecule has 3 heterocycles. The van der Waals surface area contributed by atoms with Gasteiger partial charge in [0.25, 0.3) is 5.91 Å². The molecule has 6 nitrogen and oxygen atoms in total. The van der Waals surface area contributed by atoms with Gasteiger partial charge in [0.1, 0.15) is 5.69 Å². The lowest BCUT2D eigenvalue weighted by molar-refractivity contribution is 0.0374. The minimum Gasteiger partial charge on any atom is -0.391 e. The number of fused-ring (bicyclic) bond motifs is 3. The molecule has 1 aliphatic heterocycles. The van der Waals surface area contributed by atoms with E-state index in [0.717, 1.165) is 28.4 Å². The van der Waals surface area contributed by atoms with Crippen molar-refractivity contribution in [3.05, 3.63) is 72.7 Å². The van der Waals surface area contributed by atoms with Gasteiger partial charge in [-0.2, -0.15) is 0 Å². The molecule has 1 saturated carbocycles. The number of rotatable bonds is 2. The number of imidazole rings is 1. The van der Waals surface area contributed by atoms with Gasteiger partial charge in [0.2, 0.25) is 0 Å². The van der Waals surface area contributed by atoms with Gasteiger partial charge >= 0.3 is 0 Å². The fraction of sp³-hybridized carbons (Fsp3) is 0.320. The third-order valence-corrected chi connectivity index (χ3v) is 7.05. The molecule has 2 aromatic carbocycles. The normalized spacial score (nSPS) is 25.8. The molecule has 1 amide bonds. The molecule has 2 aromatic heterocycles. The summed E-state index contributed by atoms with van der Waals surface area (Å²) in [5.41, 5.74) is 3.33. The summed E-state index contributed by atoms with van der Waals surface area (Å²) in [5.74, 6) is 0.684. The Hall–Kier alpha value is -3.25. The molecule has 1 N–H and O–H groups in total. The molecule has 0 bridgehead atoms. The van der Waals surface area contributed by atoms with Crippen molar-refractivity contribution in [1.29, 1.82) is 0 Å². The van der Waals surface area contributed by atoms with E-state index in [1.165, 1.54) is 0 Å². The van der Waals surface area contributed by atoms with E-state index in [9.17, 15) is 9.90 Å². The van der Waals surface area contributed by atoms with Gasteiger partial charge < -0.3 is 14.6 Å². The number of hydrogen-bond acceptors (Lipinski definition) is 4. The SMILES string of the molecule is O=C(c1ccc2ccccc2n1)N1C[C@H]2C[C@@H](n3cnc4ccccc43)[C@H](O)C[C@H]2C1. The van der Waals surface area contributed by atoms with E-state index >= 15 is 0 Å². The van der Waals surface area contributed by atoms with Crippen molar-refractivity contribution < 1.29 is 9.90 Å². The van der Waals surface area contributed by atoms with Gasteiger partial charge in [-0.15, -0.1) is 0 Å². The van der Waals surface area contributed by atoms with Crippen LogP contribution in [-0.4, -0.2) is 49.6 Å². The topological polar surface area (TPSA) is 71.2 Å². The monoisotopic (exact) mass is 412 g/mol. The van der Waals surface area contributed by atoms with Crippen LogP contribution in [0.1, 0.15) is 29.4 Å². The summed E-state index contributed by atoms with van der Waals surface area (Å²) in [6, 6.07) is 19.7. The molecule has 1 aliphatic carbocycles. The number of aliphatic hydroxyl groups is 1. The maximum Gasteiger partial charge on any atom is 0.272 e. The molecule has 0 spiro atoms. The number of carbonyl (C=O) groups excluding carboxylic acids is 1. The van der Waals surface area contributed by atoms with Gasteiger partial charge in [-0.3, -0.25) is 4.79 Å². The number of carbonyl (C=O) groups is 1. The van der Waals surface area contributed by atoms with E-state index in [1.54, 1.807) is 0 Å². The number of aliphatic hydroxyl groups excluding tert-OH is 1. The maximum atomic E-state index is 13.2. The van der Waals surface area contributed by atoms with E-state index < -0.39 is 6.10 Å². The number of hydrogen-bond donors (Lipinski definition) is 1. The summed E-state index contributed by atoms with van der Waals surface area (Å²) < 4.78 is 2.12. The van der Waals surface area contributed by atoms with Crippen molar-refractivity contribution in [1.82, 2.24) is 19.4 Å². The Bertz CT molecular complexity index is 1280. The van der Waals surface area contributed by atoms with Crippen LogP contribution in [0.4, 0.5) is 0 Å². The molecule has 4 atom stereocenters. The van der Waals surface area contributed by atoms with Crippen molar-refractivity contribution in [3.63, 3.8) is 0 Å². The number of para-hydroxylation sites is 3. The van der Waals surface area contributed by atoms with Gasteiger partial charge in [0.15, 0.2) is 0 Å². The number of aromatic nitrogens is 3. The van der Waals surface area contributed by atoms with E-state index in [1.807, 2.05) is 65.8 Å². The first-order valence-electron chi connectivity index (χ1n) is 10.9. The number of nitrogens with zero attached hydrogens (tertiary/aromatic N) is 4. The molecular formula is C25H24N4O2. The highest BCUT2D eigenvalue weighted by Crippen LogP contribution is 2.42. The Balaban J connectivity index is 1.23. The van der Waals surface area contributed by atoms with Gasteiger partial charge in [0, 0.05) is 18.5 Å². The second-order valence-corrected chi connectivity index (χ2v) is 8.87. The van der Waals surface area contributed by atoms with Crippen LogP contribution in [0.5, 0.6) is 0 Å². The van der Waals surface area contributed by atoms with Crippen LogP contribution in [0.3, 0.4) is 0 Å². The Morgan fingerprint density at radius 1 is 0.903 bits per heavy atom. The first-order valence-corrected chi connectivity index (χ1v) is 10.9. The Kier molecular flexibility index (Phi) is 4.28. The number of benzene rings is 2. The van der Waals surface area contributed by atoms with Gasteiger partial charge in [-0.05, 0) is 48.9 Å². The number of likely N-dealkylation sites (tertiary alicyclic amines) is 1. The molecule has 156 valence electrons. The molecule has 2 aliphatic rings. The van der Waals surface area contributed by atoms with E-state index in [4.69, 9.17) is 0 Å². The lowest BCUT2D eigenvalue weighted by Crippen LogP contribution is -2.36. The zero-order chi connectivity index (χ0) is 20.9. The first-order chi connectivity index (χ1) is 15.2. The standard InChI is InChI=1S/C25H24N4O2/c30-24-12-18-14-28(25(31)21-10-9-16-5-1-2-6-19(16)27-21)13-17(18)11-23(24)29-15-26-20-7-3-4-8-22(20)29/h1-10,15,17-18,23-24,30H,11-14H2/t17-,18+,23-,24-/m1/s1. The third kappa shape index (κ3) is 3.10. The largest absolute Gasteiger partial charge is 0.391 e. The molecule has 4 aromatic rings. The van der Waals surface area contributed by atoms with Crippen molar-refractivity contribution in [2.75, 3.05) is 13.1 Å². The molecule has 31 heavy (non-hydrogen) atoms. The van der Waals surface area contributed by atoms with E-state index in [2.05, 4.69) is 20.6 Å². The fourth-order valence-corrected chi connectivity index (χ4v) is 5.46. The lowest BCUT2D eigenvalue weighted by atomic mass is 9.77. The minimum atomic E-state index is -0.437. The average Bonchev–Trinajstić information content (AvgIpc) is 3.41. The zero-order valence-corrected chi connectivity index (χ0v) is 17.1. The smallest absolute Gasteiger partial charge is 0.272 e. The summed E-state index contributed by atoms with van der Waals surface area (Å²) in [6.07, 6.45) is 2.96. The summed E-state index contributed by atoms with van der Waals surface area (Å²) >= 11 is 0. The minimum absolute atomic E-state index is 0.0116. The van der Waals surface area contributed by atoms with Crippen molar-refractivity contribution in [3.8, 4) is 0 Å². The van der Waals surface area contributed by atoms with Crippen molar-refractivity contribution >= 4 is 27.8 Å². The molecule has 0 unspecified atom stereocenters. The van der Waals surface area contributed by atoms with E-state index in [-0.39, 0.29) is 11.9 Å².